The Bertz CT molecular complexity index is 701. The van der Waals surface area contributed by atoms with E-state index in [0.29, 0.717) is 26.1 Å². The fraction of sp³-hybridized carbons (Fsp3) is 0.684. The number of imidazole rings is 1. The van der Waals surface area contributed by atoms with Crippen LogP contribution in [-0.2, 0) is 20.9 Å². The largest absolute Gasteiger partial charge is 0.343 e. The molecule has 8 heteroatoms. The molecule has 0 aliphatic carbocycles. The van der Waals surface area contributed by atoms with Crippen molar-refractivity contribution in [3.63, 3.8) is 0 Å². The Morgan fingerprint density at radius 2 is 1.78 bits per heavy atom. The summed E-state index contributed by atoms with van der Waals surface area (Å²) >= 11 is 0. The fourth-order valence-corrected chi connectivity index (χ4v) is 3.90. The van der Waals surface area contributed by atoms with Gasteiger partial charge in [-0.25, -0.2) is 4.98 Å². The zero-order valence-electron chi connectivity index (χ0n) is 16.3. The minimum Gasteiger partial charge on any atom is -0.343 e. The summed E-state index contributed by atoms with van der Waals surface area (Å²) in [5.74, 6) is 1.15. The van der Waals surface area contributed by atoms with Crippen LogP contribution in [0.3, 0.4) is 0 Å². The number of likely N-dealkylation sites (tertiary alicyclic amines) is 1. The van der Waals surface area contributed by atoms with E-state index in [0.717, 1.165) is 38.2 Å². The molecule has 0 saturated carbocycles. The third kappa shape index (κ3) is 4.48. The van der Waals surface area contributed by atoms with Crippen molar-refractivity contribution in [1.29, 1.82) is 0 Å². The molecule has 0 aromatic carbocycles. The monoisotopic (exact) mass is 375 g/mol. The van der Waals surface area contributed by atoms with Crippen LogP contribution in [0.2, 0.25) is 0 Å². The van der Waals surface area contributed by atoms with Gasteiger partial charge >= 0.3 is 0 Å². The Morgan fingerprint density at radius 1 is 1.04 bits per heavy atom. The number of nitrogens with zero attached hydrogens (tertiary/aromatic N) is 5. The summed E-state index contributed by atoms with van der Waals surface area (Å²) in [5.41, 5.74) is 0. The highest BCUT2D eigenvalue weighted by Gasteiger charge is 2.35. The van der Waals surface area contributed by atoms with Gasteiger partial charge in [-0.15, -0.1) is 0 Å². The van der Waals surface area contributed by atoms with Gasteiger partial charge in [-0.1, -0.05) is 0 Å². The first kappa shape index (κ1) is 19.4. The van der Waals surface area contributed by atoms with Crippen LogP contribution >= 0.6 is 0 Å². The second-order valence-electron chi connectivity index (χ2n) is 7.38. The van der Waals surface area contributed by atoms with E-state index in [9.17, 15) is 14.4 Å². The maximum atomic E-state index is 12.7. The molecule has 3 heterocycles. The van der Waals surface area contributed by atoms with Gasteiger partial charge in [0.15, 0.2) is 0 Å². The third-order valence-electron chi connectivity index (χ3n) is 5.53. The molecule has 27 heavy (non-hydrogen) atoms. The maximum Gasteiger partial charge on any atom is 0.245 e. The lowest BCUT2D eigenvalue weighted by atomic mass is 10.1. The molecule has 0 radical (unpaired) electrons. The van der Waals surface area contributed by atoms with Crippen molar-refractivity contribution in [2.75, 3.05) is 32.7 Å². The lowest BCUT2D eigenvalue weighted by Crippen LogP contribution is -2.59. The lowest BCUT2D eigenvalue weighted by molar-refractivity contribution is -0.155. The number of carbonyl (C=O) groups excluding carboxylic acids is 3. The smallest absolute Gasteiger partial charge is 0.245 e. The number of hydrogen-bond acceptors (Lipinski definition) is 4. The highest BCUT2D eigenvalue weighted by atomic mass is 16.2. The molecule has 0 bridgehead atoms. The molecule has 2 saturated heterocycles. The topological polar surface area (TPSA) is 78.8 Å². The summed E-state index contributed by atoms with van der Waals surface area (Å²) in [6.07, 6.45) is 6.75. The van der Waals surface area contributed by atoms with Crippen molar-refractivity contribution in [1.82, 2.24) is 24.3 Å². The molecule has 148 valence electrons. The quantitative estimate of drug-likeness (QED) is 0.668. The molecule has 0 unspecified atom stereocenters. The van der Waals surface area contributed by atoms with Gasteiger partial charge in [0.2, 0.25) is 17.7 Å². The minimum absolute atomic E-state index is 0.00107. The van der Waals surface area contributed by atoms with Gasteiger partial charge in [-0.05, 0) is 33.1 Å². The predicted molar refractivity (Wildman–Crippen MR) is 99.8 cm³/mol. The zero-order valence-corrected chi connectivity index (χ0v) is 16.3. The van der Waals surface area contributed by atoms with Crippen LogP contribution in [-0.4, -0.2) is 80.7 Å². The molecule has 1 aromatic heterocycles. The second-order valence-corrected chi connectivity index (χ2v) is 7.38. The normalized spacial score (nSPS) is 20.9. The Morgan fingerprint density at radius 3 is 2.44 bits per heavy atom. The summed E-state index contributed by atoms with van der Waals surface area (Å²) in [6, 6.07) is -0.427. The van der Waals surface area contributed by atoms with Gasteiger partial charge in [0.25, 0.3) is 0 Å². The average molecular weight is 375 g/mol. The van der Waals surface area contributed by atoms with Crippen LogP contribution in [0, 0.1) is 6.92 Å². The van der Waals surface area contributed by atoms with Crippen LogP contribution in [0.25, 0.3) is 0 Å². The van der Waals surface area contributed by atoms with E-state index in [2.05, 4.69) is 4.98 Å². The van der Waals surface area contributed by atoms with E-state index in [1.807, 2.05) is 22.6 Å². The molecule has 1 aromatic rings. The van der Waals surface area contributed by atoms with Crippen LogP contribution in [0.15, 0.2) is 12.4 Å². The van der Waals surface area contributed by atoms with Crippen LogP contribution in [0.5, 0.6) is 0 Å². The molecule has 2 fully saturated rings. The van der Waals surface area contributed by atoms with E-state index >= 15 is 0 Å². The number of hydrogen-bond donors (Lipinski definition) is 0. The van der Waals surface area contributed by atoms with Gasteiger partial charge < -0.3 is 19.3 Å². The van der Waals surface area contributed by atoms with Crippen molar-refractivity contribution < 1.29 is 14.4 Å². The van der Waals surface area contributed by atoms with Crippen molar-refractivity contribution >= 4 is 17.7 Å². The summed E-state index contributed by atoms with van der Waals surface area (Å²) in [6.45, 7) is 7.25. The number of aryl methyl sites for hydroxylation is 2. The summed E-state index contributed by atoms with van der Waals surface area (Å²) < 4.78 is 2.05. The molecule has 2 aliphatic heterocycles. The molecular formula is C19H29N5O3. The fourth-order valence-electron chi connectivity index (χ4n) is 3.90. The highest BCUT2D eigenvalue weighted by molar-refractivity contribution is 5.94. The van der Waals surface area contributed by atoms with E-state index in [-0.39, 0.29) is 24.3 Å². The molecule has 3 amide bonds. The predicted octanol–water partition coefficient (Wildman–Crippen LogP) is 0.653. The number of piperazine rings is 1. The van der Waals surface area contributed by atoms with Gasteiger partial charge in [0.05, 0.1) is 6.54 Å². The molecule has 2 aliphatic rings. The third-order valence-corrected chi connectivity index (χ3v) is 5.53. The average Bonchev–Trinajstić information content (AvgIpc) is 3.23. The van der Waals surface area contributed by atoms with Gasteiger partial charge in [0, 0.05) is 51.5 Å². The molecule has 8 nitrogen and oxygen atoms in total. The van der Waals surface area contributed by atoms with Crippen molar-refractivity contribution in [2.24, 2.45) is 0 Å². The first-order chi connectivity index (χ1) is 13.0. The molecule has 3 rings (SSSR count). The number of aromatic nitrogens is 2. The van der Waals surface area contributed by atoms with E-state index in [4.69, 9.17) is 0 Å². The Labute approximate surface area is 160 Å². The van der Waals surface area contributed by atoms with Gasteiger partial charge in [-0.3, -0.25) is 14.4 Å². The second kappa shape index (κ2) is 8.54. The van der Waals surface area contributed by atoms with Crippen LogP contribution in [0.4, 0.5) is 0 Å². The van der Waals surface area contributed by atoms with Gasteiger partial charge in [-0.2, -0.15) is 0 Å². The standard InChI is InChI=1S/C19H29N5O3/c1-15-19(27)23(11-4-10-22-8-3-6-17(22)25)14-18(26)24(15)12-5-9-21-13-7-20-16(21)2/h7,13,15H,3-6,8-12,14H2,1-2H3/t15-/m0/s1. The Balaban J connectivity index is 1.45. The molecule has 0 spiro atoms. The SMILES string of the molecule is Cc1nccn1CCCN1C(=O)CN(CCCN2CCCC2=O)C(=O)[C@@H]1C. The molecule has 1 atom stereocenters. The summed E-state index contributed by atoms with van der Waals surface area (Å²) in [5, 5.41) is 0. The summed E-state index contributed by atoms with van der Waals surface area (Å²) in [4.78, 5) is 46.2. The minimum atomic E-state index is -0.427. The highest BCUT2D eigenvalue weighted by Crippen LogP contribution is 2.15. The number of carbonyl (C=O) groups is 3. The molecule has 0 N–H and O–H groups in total. The van der Waals surface area contributed by atoms with Crippen molar-refractivity contribution in [3.8, 4) is 0 Å². The van der Waals surface area contributed by atoms with Crippen LogP contribution < -0.4 is 0 Å². The first-order valence-corrected chi connectivity index (χ1v) is 9.81. The van der Waals surface area contributed by atoms with E-state index < -0.39 is 6.04 Å². The van der Waals surface area contributed by atoms with Crippen LogP contribution in [0.1, 0.15) is 38.4 Å². The number of amides is 3. The summed E-state index contributed by atoms with van der Waals surface area (Å²) in [7, 11) is 0. The van der Waals surface area contributed by atoms with E-state index in [1.54, 1.807) is 22.9 Å². The number of rotatable bonds is 8. The van der Waals surface area contributed by atoms with Crippen molar-refractivity contribution in [2.45, 2.75) is 52.1 Å². The molecular weight excluding hydrogens is 346 g/mol. The Kier molecular flexibility index (Phi) is 6.13. The lowest BCUT2D eigenvalue weighted by Gasteiger charge is -2.39. The zero-order chi connectivity index (χ0) is 19.4. The first-order valence-electron chi connectivity index (χ1n) is 9.81. The Hall–Kier alpha value is -2.38. The van der Waals surface area contributed by atoms with Crippen molar-refractivity contribution in [3.05, 3.63) is 18.2 Å². The maximum absolute atomic E-state index is 12.7. The van der Waals surface area contributed by atoms with E-state index in [1.165, 1.54) is 0 Å². The van der Waals surface area contributed by atoms with Gasteiger partial charge in [0.1, 0.15) is 11.9 Å².